The molecule has 0 unspecified atom stereocenters. The minimum Gasteiger partial charge on any atom is -0.434 e. The third kappa shape index (κ3) is 4.24. The summed E-state index contributed by atoms with van der Waals surface area (Å²) >= 11 is 3.15. The van der Waals surface area contributed by atoms with Crippen molar-refractivity contribution in [2.75, 3.05) is 13.7 Å². The fourth-order valence-electron chi connectivity index (χ4n) is 1.68. The molecule has 2 rings (SSSR count). The molecule has 1 aromatic carbocycles. The van der Waals surface area contributed by atoms with Crippen LogP contribution in [-0.2, 0) is 11.2 Å². The SMILES string of the molecule is COCCc1ccc(Oc2ncc(Br)cc2[N+](=O)[O-])cc1. The number of rotatable bonds is 6. The van der Waals surface area contributed by atoms with E-state index in [9.17, 15) is 10.1 Å². The summed E-state index contributed by atoms with van der Waals surface area (Å²) in [5, 5.41) is 11.0. The normalized spacial score (nSPS) is 10.4. The van der Waals surface area contributed by atoms with E-state index in [0.29, 0.717) is 16.8 Å². The molecule has 1 aromatic heterocycles. The fraction of sp³-hybridized carbons (Fsp3) is 0.214. The van der Waals surface area contributed by atoms with E-state index >= 15 is 0 Å². The molecule has 6 nitrogen and oxygen atoms in total. The molecule has 0 spiro atoms. The lowest BCUT2D eigenvalue weighted by Gasteiger charge is -2.06. The van der Waals surface area contributed by atoms with Crippen LogP contribution in [0.4, 0.5) is 5.69 Å². The molecule has 0 atom stereocenters. The van der Waals surface area contributed by atoms with Gasteiger partial charge in [0.1, 0.15) is 5.75 Å². The predicted molar refractivity (Wildman–Crippen MR) is 80.7 cm³/mol. The van der Waals surface area contributed by atoms with Crippen LogP contribution in [0.2, 0.25) is 0 Å². The van der Waals surface area contributed by atoms with Gasteiger partial charge in [0.2, 0.25) is 0 Å². The van der Waals surface area contributed by atoms with E-state index in [2.05, 4.69) is 20.9 Å². The van der Waals surface area contributed by atoms with E-state index in [4.69, 9.17) is 9.47 Å². The molecule has 0 radical (unpaired) electrons. The maximum atomic E-state index is 11.0. The lowest BCUT2D eigenvalue weighted by Crippen LogP contribution is -1.97. The van der Waals surface area contributed by atoms with E-state index < -0.39 is 4.92 Å². The van der Waals surface area contributed by atoms with Gasteiger partial charge in [-0.15, -0.1) is 0 Å². The third-order valence-electron chi connectivity index (χ3n) is 2.73. The number of nitrogens with zero attached hydrogens (tertiary/aromatic N) is 2. The number of nitro groups is 1. The molecule has 0 fully saturated rings. The van der Waals surface area contributed by atoms with Crippen LogP contribution in [0.15, 0.2) is 41.0 Å². The zero-order valence-electron chi connectivity index (χ0n) is 11.3. The second kappa shape index (κ2) is 7.14. The second-order valence-corrected chi connectivity index (χ2v) is 5.14. The number of hydrogen-bond acceptors (Lipinski definition) is 5. The first-order valence-corrected chi connectivity index (χ1v) is 6.95. The molecule has 1 heterocycles. The van der Waals surface area contributed by atoms with Crippen LogP contribution in [0.1, 0.15) is 5.56 Å². The fourth-order valence-corrected chi connectivity index (χ4v) is 2.00. The highest BCUT2D eigenvalue weighted by Gasteiger charge is 2.18. The van der Waals surface area contributed by atoms with Gasteiger partial charge in [0.05, 0.1) is 11.5 Å². The Kier molecular flexibility index (Phi) is 5.24. The quantitative estimate of drug-likeness (QED) is 0.584. The van der Waals surface area contributed by atoms with Gasteiger partial charge in [-0.25, -0.2) is 4.98 Å². The summed E-state index contributed by atoms with van der Waals surface area (Å²) in [6.07, 6.45) is 2.25. The molecule has 0 amide bonds. The maximum absolute atomic E-state index is 11.0. The Morgan fingerprint density at radius 1 is 1.33 bits per heavy atom. The Balaban J connectivity index is 2.16. The molecule has 110 valence electrons. The number of aromatic nitrogens is 1. The summed E-state index contributed by atoms with van der Waals surface area (Å²) < 4.78 is 11.0. The number of benzene rings is 1. The summed E-state index contributed by atoms with van der Waals surface area (Å²) in [6, 6.07) is 8.63. The molecular weight excluding hydrogens is 340 g/mol. The summed E-state index contributed by atoms with van der Waals surface area (Å²) in [5.74, 6) is 0.460. The maximum Gasteiger partial charge on any atom is 0.332 e. The molecule has 0 saturated heterocycles. The molecule has 0 bridgehead atoms. The minimum atomic E-state index is -0.528. The van der Waals surface area contributed by atoms with Crippen LogP contribution in [0.5, 0.6) is 11.6 Å². The van der Waals surface area contributed by atoms with Gasteiger partial charge in [0, 0.05) is 23.8 Å². The van der Waals surface area contributed by atoms with Gasteiger partial charge in [-0.3, -0.25) is 10.1 Å². The highest BCUT2D eigenvalue weighted by atomic mass is 79.9. The van der Waals surface area contributed by atoms with Crippen molar-refractivity contribution in [3.05, 3.63) is 56.7 Å². The lowest BCUT2D eigenvalue weighted by molar-refractivity contribution is -0.386. The number of pyridine rings is 1. The average Bonchev–Trinajstić information content (AvgIpc) is 2.48. The monoisotopic (exact) mass is 352 g/mol. The van der Waals surface area contributed by atoms with Crippen molar-refractivity contribution in [3.63, 3.8) is 0 Å². The molecule has 0 saturated carbocycles. The number of hydrogen-bond donors (Lipinski definition) is 0. The molecule has 0 aliphatic heterocycles. The van der Waals surface area contributed by atoms with Crippen LogP contribution >= 0.6 is 15.9 Å². The number of ether oxygens (including phenoxy) is 2. The first kappa shape index (κ1) is 15.4. The lowest BCUT2D eigenvalue weighted by atomic mass is 10.1. The van der Waals surface area contributed by atoms with Gasteiger partial charge in [0.25, 0.3) is 5.88 Å². The van der Waals surface area contributed by atoms with E-state index in [1.165, 1.54) is 12.3 Å². The van der Waals surface area contributed by atoms with Crippen molar-refractivity contribution < 1.29 is 14.4 Å². The van der Waals surface area contributed by atoms with Crippen LogP contribution < -0.4 is 4.74 Å². The van der Waals surface area contributed by atoms with Crippen LogP contribution in [0.3, 0.4) is 0 Å². The van der Waals surface area contributed by atoms with Gasteiger partial charge in [0.15, 0.2) is 0 Å². The van der Waals surface area contributed by atoms with Crippen LogP contribution in [-0.4, -0.2) is 23.6 Å². The van der Waals surface area contributed by atoms with Gasteiger partial charge in [-0.2, -0.15) is 0 Å². The number of methoxy groups -OCH3 is 1. The van der Waals surface area contributed by atoms with Gasteiger partial charge < -0.3 is 9.47 Å². The van der Waals surface area contributed by atoms with Crippen LogP contribution in [0, 0.1) is 10.1 Å². The van der Waals surface area contributed by atoms with E-state index in [-0.39, 0.29) is 11.6 Å². The summed E-state index contributed by atoms with van der Waals surface area (Å²) in [5.41, 5.74) is 0.912. The largest absolute Gasteiger partial charge is 0.434 e. The summed E-state index contributed by atoms with van der Waals surface area (Å²) in [7, 11) is 1.65. The standard InChI is InChI=1S/C14H13BrN2O4/c1-20-7-6-10-2-4-12(5-3-10)21-14-13(17(18)19)8-11(15)9-16-14/h2-5,8-9H,6-7H2,1H3. The van der Waals surface area contributed by atoms with E-state index in [1.54, 1.807) is 19.2 Å². The van der Waals surface area contributed by atoms with Crippen molar-refractivity contribution in [2.24, 2.45) is 0 Å². The highest BCUT2D eigenvalue weighted by molar-refractivity contribution is 9.10. The predicted octanol–water partition coefficient (Wildman–Crippen LogP) is 3.73. The first-order valence-electron chi connectivity index (χ1n) is 6.16. The molecule has 0 aliphatic carbocycles. The Morgan fingerprint density at radius 2 is 2.05 bits per heavy atom. The van der Waals surface area contributed by atoms with Gasteiger partial charge >= 0.3 is 5.69 Å². The molecule has 7 heteroatoms. The third-order valence-corrected chi connectivity index (χ3v) is 3.16. The Hall–Kier alpha value is -1.99. The topological polar surface area (TPSA) is 74.5 Å². The molecule has 0 N–H and O–H groups in total. The van der Waals surface area contributed by atoms with Crippen molar-refractivity contribution >= 4 is 21.6 Å². The zero-order valence-corrected chi connectivity index (χ0v) is 12.9. The first-order chi connectivity index (χ1) is 10.1. The van der Waals surface area contributed by atoms with Crippen molar-refractivity contribution in [1.82, 2.24) is 4.98 Å². The van der Waals surface area contributed by atoms with Gasteiger partial charge in [-0.05, 0) is 40.0 Å². The minimum absolute atomic E-state index is 0.0344. The molecular formula is C14H13BrN2O4. The second-order valence-electron chi connectivity index (χ2n) is 4.22. The Labute approximate surface area is 130 Å². The van der Waals surface area contributed by atoms with Crippen molar-refractivity contribution in [2.45, 2.75) is 6.42 Å². The zero-order chi connectivity index (χ0) is 15.2. The summed E-state index contributed by atoms with van der Waals surface area (Å²) in [6.45, 7) is 0.639. The van der Waals surface area contributed by atoms with E-state index in [0.717, 1.165) is 12.0 Å². The average molecular weight is 353 g/mol. The van der Waals surface area contributed by atoms with E-state index in [1.807, 2.05) is 12.1 Å². The molecule has 2 aromatic rings. The van der Waals surface area contributed by atoms with Crippen molar-refractivity contribution in [3.8, 4) is 11.6 Å². The number of halogens is 1. The van der Waals surface area contributed by atoms with Gasteiger partial charge in [-0.1, -0.05) is 12.1 Å². The van der Waals surface area contributed by atoms with Crippen LogP contribution in [0.25, 0.3) is 0 Å². The Bertz CT molecular complexity index is 631. The molecule has 0 aliphatic rings. The Morgan fingerprint density at radius 3 is 2.67 bits per heavy atom. The highest BCUT2D eigenvalue weighted by Crippen LogP contribution is 2.31. The summed E-state index contributed by atoms with van der Waals surface area (Å²) in [4.78, 5) is 14.4. The smallest absolute Gasteiger partial charge is 0.332 e. The molecule has 21 heavy (non-hydrogen) atoms. The van der Waals surface area contributed by atoms with Crippen molar-refractivity contribution in [1.29, 1.82) is 0 Å².